The fraction of sp³-hybridized carbons (Fsp3) is 0.176. The lowest BCUT2D eigenvalue weighted by molar-refractivity contribution is -0.136. The van der Waals surface area contributed by atoms with Gasteiger partial charge in [0.05, 0.1) is 0 Å². The molecule has 2 aromatic rings. The van der Waals surface area contributed by atoms with Gasteiger partial charge in [-0.3, -0.25) is 9.59 Å². The van der Waals surface area contributed by atoms with Crippen molar-refractivity contribution in [2.24, 2.45) is 0 Å². The first-order valence-corrected chi connectivity index (χ1v) is 7.81. The summed E-state index contributed by atoms with van der Waals surface area (Å²) in [7, 11) is 0. The van der Waals surface area contributed by atoms with E-state index in [1.54, 1.807) is 31.2 Å². The van der Waals surface area contributed by atoms with Gasteiger partial charge >= 0.3 is 11.8 Å². The molecule has 0 spiro atoms. The molecular weight excluding hydrogens is 335 g/mol. The van der Waals surface area contributed by atoms with Crippen molar-refractivity contribution in [1.29, 1.82) is 0 Å². The predicted octanol–water partition coefficient (Wildman–Crippen LogP) is 3.60. The van der Waals surface area contributed by atoms with Gasteiger partial charge in [-0.05, 0) is 54.8 Å². The van der Waals surface area contributed by atoms with Crippen molar-refractivity contribution in [1.82, 2.24) is 5.32 Å². The van der Waals surface area contributed by atoms with E-state index in [0.717, 1.165) is 11.1 Å². The quantitative estimate of drug-likeness (QED) is 0.827. The van der Waals surface area contributed by atoms with Crippen molar-refractivity contribution in [2.45, 2.75) is 13.3 Å². The first-order valence-electron chi connectivity index (χ1n) is 7.05. The summed E-state index contributed by atoms with van der Waals surface area (Å²) in [5.41, 5.74) is 2.34. The standard InChI is InChI=1S/C17H16Cl2N2O2/c1-11-9-14(19)5-6-15(11)21-17(23)16(22)20-8-7-12-3-2-4-13(18)10-12/h2-6,9-10H,7-8H2,1H3,(H,20,22)(H,21,23). The minimum atomic E-state index is -0.707. The zero-order chi connectivity index (χ0) is 16.8. The maximum Gasteiger partial charge on any atom is 0.313 e. The van der Waals surface area contributed by atoms with Crippen molar-refractivity contribution >= 4 is 40.7 Å². The summed E-state index contributed by atoms with van der Waals surface area (Å²) in [6, 6.07) is 12.4. The Morgan fingerprint density at radius 2 is 1.74 bits per heavy atom. The molecule has 0 heterocycles. The Morgan fingerprint density at radius 3 is 2.43 bits per heavy atom. The van der Waals surface area contributed by atoms with Gasteiger partial charge in [0.1, 0.15) is 0 Å². The van der Waals surface area contributed by atoms with Crippen LogP contribution in [0.15, 0.2) is 42.5 Å². The van der Waals surface area contributed by atoms with Gasteiger partial charge in [0, 0.05) is 22.3 Å². The lowest BCUT2D eigenvalue weighted by Gasteiger charge is -2.09. The molecule has 2 aromatic carbocycles. The Balaban J connectivity index is 1.84. The highest BCUT2D eigenvalue weighted by atomic mass is 35.5. The number of benzene rings is 2. The van der Waals surface area contributed by atoms with Crippen LogP contribution in [-0.4, -0.2) is 18.4 Å². The third kappa shape index (κ3) is 5.27. The van der Waals surface area contributed by atoms with Gasteiger partial charge in [-0.1, -0.05) is 35.3 Å². The number of rotatable bonds is 4. The summed E-state index contributed by atoms with van der Waals surface area (Å²) in [4.78, 5) is 23.7. The molecule has 0 bridgehead atoms. The van der Waals surface area contributed by atoms with Crippen LogP contribution in [0.1, 0.15) is 11.1 Å². The fourth-order valence-electron chi connectivity index (χ4n) is 2.04. The first-order chi connectivity index (χ1) is 11.0. The van der Waals surface area contributed by atoms with Crippen LogP contribution < -0.4 is 10.6 Å². The molecule has 0 aliphatic heterocycles. The molecule has 0 radical (unpaired) electrons. The minimum absolute atomic E-state index is 0.353. The van der Waals surface area contributed by atoms with Gasteiger partial charge < -0.3 is 10.6 Å². The van der Waals surface area contributed by atoms with Crippen LogP contribution in [0, 0.1) is 6.92 Å². The summed E-state index contributed by atoms with van der Waals surface area (Å²) in [6.07, 6.45) is 0.597. The van der Waals surface area contributed by atoms with Crippen LogP contribution in [0.3, 0.4) is 0 Å². The largest absolute Gasteiger partial charge is 0.347 e. The second-order valence-corrected chi connectivity index (χ2v) is 5.92. The Labute approximate surface area is 144 Å². The highest BCUT2D eigenvalue weighted by Gasteiger charge is 2.14. The molecule has 0 atom stereocenters. The van der Waals surface area contributed by atoms with Gasteiger partial charge in [0.25, 0.3) is 0 Å². The van der Waals surface area contributed by atoms with Crippen LogP contribution in [0.2, 0.25) is 10.0 Å². The number of hydrogen-bond acceptors (Lipinski definition) is 2. The number of carbonyl (C=O) groups excluding carboxylic acids is 2. The van der Waals surface area contributed by atoms with E-state index in [0.29, 0.717) is 28.7 Å². The van der Waals surface area contributed by atoms with E-state index < -0.39 is 11.8 Å². The van der Waals surface area contributed by atoms with Crippen molar-refractivity contribution in [3.8, 4) is 0 Å². The molecular formula is C17H16Cl2N2O2. The fourth-order valence-corrected chi connectivity index (χ4v) is 2.48. The molecule has 0 saturated carbocycles. The van der Waals surface area contributed by atoms with E-state index in [9.17, 15) is 9.59 Å². The van der Waals surface area contributed by atoms with Crippen molar-refractivity contribution < 1.29 is 9.59 Å². The topological polar surface area (TPSA) is 58.2 Å². The average molecular weight is 351 g/mol. The van der Waals surface area contributed by atoms with Gasteiger partial charge in [0.2, 0.25) is 0 Å². The molecule has 6 heteroatoms. The molecule has 0 aliphatic carbocycles. The van der Waals surface area contributed by atoms with Gasteiger partial charge in [0.15, 0.2) is 0 Å². The number of amides is 2. The van der Waals surface area contributed by atoms with E-state index >= 15 is 0 Å². The summed E-state index contributed by atoms with van der Waals surface area (Å²) in [5, 5.41) is 6.36. The maximum atomic E-state index is 11.9. The number of aryl methyl sites for hydroxylation is 1. The number of hydrogen-bond donors (Lipinski definition) is 2. The summed E-state index contributed by atoms with van der Waals surface area (Å²) in [5.74, 6) is -1.39. The zero-order valence-corrected chi connectivity index (χ0v) is 14.0. The molecule has 4 nitrogen and oxygen atoms in total. The monoisotopic (exact) mass is 350 g/mol. The highest BCUT2D eigenvalue weighted by molar-refractivity contribution is 6.39. The number of halogens is 2. The van der Waals surface area contributed by atoms with E-state index in [-0.39, 0.29) is 0 Å². The highest BCUT2D eigenvalue weighted by Crippen LogP contribution is 2.19. The summed E-state index contributed by atoms with van der Waals surface area (Å²) < 4.78 is 0. The first kappa shape index (κ1) is 17.3. The average Bonchev–Trinajstić information content (AvgIpc) is 2.50. The Bertz CT molecular complexity index is 732. The zero-order valence-electron chi connectivity index (χ0n) is 12.5. The number of anilines is 1. The van der Waals surface area contributed by atoms with Crippen molar-refractivity contribution in [3.63, 3.8) is 0 Å². The molecule has 23 heavy (non-hydrogen) atoms. The Morgan fingerprint density at radius 1 is 1.00 bits per heavy atom. The SMILES string of the molecule is Cc1cc(Cl)ccc1NC(=O)C(=O)NCCc1cccc(Cl)c1. The van der Waals surface area contributed by atoms with Gasteiger partial charge in [-0.2, -0.15) is 0 Å². The second kappa shape index (κ2) is 7.99. The summed E-state index contributed by atoms with van der Waals surface area (Å²) >= 11 is 11.7. The molecule has 2 N–H and O–H groups in total. The smallest absolute Gasteiger partial charge is 0.313 e. The molecule has 0 unspecified atom stereocenters. The van der Waals surface area contributed by atoms with E-state index in [4.69, 9.17) is 23.2 Å². The van der Waals surface area contributed by atoms with E-state index in [1.165, 1.54) is 0 Å². The van der Waals surface area contributed by atoms with Crippen LogP contribution in [0.4, 0.5) is 5.69 Å². The van der Waals surface area contributed by atoms with Crippen LogP contribution in [0.5, 0.6) is 0 Å². The van der Waals surface area contributed by atoms with Crippen LogP contribution in [0.25, 0.3) is 0 Å². The number of carbonyl (C=O) groups is 2. The molecule has 0 aromatic heterocycles. The van der Waals surface area contributed by atoms with Crippen molar-refractivity contribution in [2.75, 3.05) is 11.9 Å². The molecule has 2 amide bonds. The van der Waals surface area contributed by atoms with Gasteiger partial charge in [-0.15, -0.1) is 0 Å². The Hall–Kier alpha value is -2.04. The third-order valence-corrected chi connectivity index (χ3v) is 3.70. The lowest BCUT2D eigenvalue weighted by atomic mass is 10.1. The molecule has 120 valence electrons. The second-order valence-electron chi connectivity index (χ2n) is 5.05. The Kier molecular flexibility index (Phi) is 6.02. The minimum Gasteiger partial charge on any atom is -0.347 e. The van der Waals surface area contributed by atoms with Gasteiger partial charge in [-0.25, -0.2) is 0 Å². The van der Waals surface area contributed by atoms with Crippen LogP contribution >= 0.6 is 23.2 Å². The summed E-state index contributed by atoms with van der Waals surface area (Å²) in [6.45, 7) is 2.16. The third-order valence-electron chi connectivity index (χ3n) is 3.23. The van der Waals surface area contributed by atoms with Crippen molar-refractivity contribution in [3.05, 3.63) is 63.6 Å². The molecule has 2 rings (SSSR count). The van der Waals surface area contributed by atoms with Crippen LogP contribution in [-0.2, 0) is 16.0 Å². The normalized spacial score (nSPS) is 10.2. The van der Waals surface area contributed by atoms with E-state index in [2.05, 4.69) is 10.6 Å². The predicted molar refractivity (Wildman–Crippen MR) is 93.0 cm³/mol. The molecule has 0 saturated heterocycles. The van der Waals surface area contributed by atoms with E-state index in [1.807, 2.05) is 18.2 Å². The maximum absolute atomic E-state index is 11.9. The lowest BCUT2D eigenvalue weighted by Crippen LogP contribution is -2.36. The molecule has 0 fully saturated rings. The molecule has 0 aliphatic rings. The number of nitrogens with one attached hydrogen (secondary N) is 2.